The topological polar surface area (TPSA) is 92.8 Å². The van der Waals surface area contributed by atoms with Gasteiger partial charge in [-0.2, -0.15) is 0 Å². The number of morpholine rings is 1. The normalized spacial score (nSPS) is 19.4. The number of likely N-dealkylation sites (tertiary alicyclic amines) is 1. The summed E-state index contributed by atoms with van der Waals surface area (Å²) in [6.45, 7) is 2.57. The largest absolute Gasteiger partial charge is 0.573 e. The van der Waals surface area contributed by atoms with Crippen LogP contribution in [0.4, 0.5) is 33.3 Å². The molecule has 13 heteroatoms. The van der Waals surface area contributed by atoms with Gasteiger partial charge < -0.3 is 20.1 Å². The predicted molar refractivity (Wildman–Crippen MR) is 134 cm³/mol. The van der Waals surface area contributed by atoms with Gasteiger partial charge in [0.2, 0.25) is 5.91 Å². The summed E-state index contributed by atoms with van der Waals surface area (Å²) in [5.41, 5.74) is -0.790. The third-order valence-electron chi connectivity index (χ3n) is 6.77. The van der Waals surface area contributed by atoms with Crippen LogP contribution in [0.1, 0.15) is 23.7 Å². The summed E-state index contributed by atoms with van der Waals surface area (Å²) in [6.07, 6.45) is -1.72. The van der Waals surface area contributed by atoms with Crippen molar-refractivity contribution < 1.29 is 41.0 Å². The second-order valence-electron chi connectivity index (χ2n) is 9.50. The van der Waals surface area contributed by atoms with Gasteiger partial charge in [0.25, 0.3) is 5.91 Å². The van der Waals surface area contributed by atoms with Crippen LogP contribution in [0.5, 0.6) is 5.75 Å². The number of ether oxygens (including phenoxy) is 2. The monoisotopic (exact) mass is 562 g/mol. The van der Waals surface area contributed by atoms with E-state index in [0.717, 1.165) is 30.7 Å². The third kappa shape index (κ3) is 6.05. The average molecular weight is 562 g/mol. The van der Waals surface area contributed by atoms with Crippen molar-refractivity contribution in [1.82, 2.24) is 9.88 Å². The number of amides is 2. The number of rotatable bonds is 7. The zero-order valence-electron chi connectivity index (χ0n) is 21.0. The molecule has 0 unspecified atom stereocenters. The number of benzene rings is 2. The lowest BCUT2D eigenvalue weighted by Crippen LogP contribution is -2.48. The lowest BCUT2D eigenvalue weighted by molar-refractivity contribution is -0.274. The van der Waals surface area contributed by atoms with Crippen LogP contribution in [-0.2, 0) is 9.53 Å². The lowest BCUT2D eigenvalue weighted by atomic mass is 10.0. The highest BCUT2D eigenvalue weighted by Crippen LogP contribution is 2.41. The van der Waals surface area contributed by atoms with Crippen molar-refractivity contribution >= 4 is 23.2 Å². The van der Waals surface area contributed by atoms with Crippen molar-refractivity contribution in [1.29, 1.82) is 0 Å². The van der Waals surface area contributed by atoms with Crippen LogP contribution < -0.4 is 15.4 Å². The van der Waals surface area contributed by atoms with Gasteiger partial charge in [-0.15, -0.1) is 13.2 Å². The first-order valence-corrected chi connectivity index (χ1v) is 12.3. The van der Waals surface area contributed by atoms with Crippen molar-refractivity contribution in [2.24, 2.45) is 0 Å². The van der Waals surface area contributed by atoms with Crippen molar-refractivity contribution in [3.63, 3.8) is 0 Å². The number of nitrogens with one attached hydrogen (secondary N) is 2. The van der Waals surface area contributed by atoms with Gasteiger partial charge in [-0.1, -0.05) is 0 Å². The molecule has 2 aliphatic rings. The molecule has 3 aromatic rings. The lowest BCUT2D eigenvalue weighted by Gasteiger charge is -2.31. The molecular formula is C27H23F5N4O4. The number of carbonyl (C=O) groups is 2. The van der Waals surface area contributed by atoms with Gasteiger partial charge in [-0.3, -0.25) is 19.5 Å². The van der Waals surface area contributed by atoms with Gasteiger partial charge in [-0.05, 0) is 55.3 Å². The predicted octanol–water partition coefficient (Wildman–Crippen LogP) is 4.98. The molecule has 0 aliphatic carbocycles. The smallest absolute Gasteiger partial charge is 0.404 e. The van der Waals surface area contributed by atoms with Gasteiger partial charge >= 0.3 is 6.36 Å². The highest BCUT2D eigenvalue weighted by molar-refractivity contribution is 6.07. The Morgan fingerprint density at radius 3 is 2.45 bits per heavy atom. The van der Waals surface area contributed by atoms with E-state index in [-0.39, 0.29) is 34.5 Å². The first-order chi connectivity index (χ1) is 19.0. The van der Waals surface area contributed by atoms with Gasteiger partial charge in [-0.25, -0.2) is 8.78 Å². The molecule has 2 aromatic carbocycles. The standard InChI is InChI=1S/C27H23F5N4O4/c1-14(36-12-20-8-19(36)13-39-20)25(37)35-23-10-22(34-26(38)15-3-2-4-33-11-15)21(9-24(23)40-27(30,31)32)16-5-17(28)7-18(29)6-16/h2-7,9-11,14,19-20H,8,12-13H2,1H3,(H,34,38)(H,35,37)/t14-,19-,20-/m0/s1. The zero-order chi connectivity index (χ0) is 28.6. The van der Waals surface area contributed by atoms with E-state index in [1.165, 1.54) is 24.5 Å². The minimum Gasteiger partial charge on any atom is -0.404 e. The molecule has 1 aromatic heterocycles. The molecule has 2 bridgehead atoms. The van der Waals surface area contributed by atoms with E-state index in [4.69, 9.17) is 4.74 Å². The summed E-state index contributed by atoms with van der Waals surface area (Å²) in [4.78, 5) is 31.9. The number of hydrogen-bond acceptors (Lipinski definition) is 6. The highest BCUT2D eigenvalue weighted by atomic mass is 19.4. The highest BCUT2D eigenvalue weighted by Gasteiger charge is 2.43. The van der Waals surface area contributed by atoms with Crippen LogP contribution in [0, 0.1) is 11.6 Å². The molecule has 0 saturated carbocycles. The Bertz CT molecular complexity index is 1420. The number of nitrogens with zero attached hydrogens (tertiary/aromatic N) is 2. The maximum atomic E-state index is 14.1. The van der Waals surface area contributed by atoms with Gasteiger partial charge in [0, 0.05) is 36.6 Å². The van der Waals surface area contributed by atoms with Gasteiger partial charge in [0.05, 0.1) is 35.7 Å². The van der Waals surface area contributed by atoms with E-state index >= 15 is 0 Å². The van der Waals surface area contributed by atoms with Gasteiger partial charge in [0.1, 0.15) is 11.6 Å². The zero-order valence-corrected chi connectivity index (χ0v) is 21.0. The molecule has 0 radical (unpaired) electrons. The third-order valence-corrected chi connectivity index (χ3v) is 6.77. The molecule has 210 valence electrons. The van der Waals surface area contributed by atoms with E-state index in [1.54, 1.807) is 6.92 Å². The van der Waals surface area contributed by atoms with E-state index in [1.807, 2.05) is 4.90 Å². The Hall–Kier alpha value is -4.10. The van der Waals surface area contributed by atoms with Gasteiger partial charge in [0.15, 0.2) is 5.75 Å². The maximum absolute atomic E-state index is 14.1. The first-order valence-electron chi connectivity index (χ1n) is 12.3. The fourth-order valence-corrected chi connectivity index (χ4v) is 4.92. The number of carbonyl (C=O) groups excluding carboxylic acids is 2. The molecule has 40 heavy (non-hydrogen) atoms. The van der Waals surface area contributed by atoms with Crippen molar-refractivity contribution in [2.75, 3.05) is 23.8 Å². The molecular weight excluding hydrogens is 539 g/mol. The molecule has 3 heterocycles. The Balaban J connectivity index is 1.55. The van der Waals surface area contributed by atoms with Crippen LogP contribution in [0.25, 0.3) is 11.1 Å². The SMILES string of the molecule is C[C@@H](C(=O)Nc1cc(NC(=O)c2cccnc2)c(-c2cc(F)cc(F)c2)cc1OC(F)(F)F)N1C[C@@H]2C[C@H]1CO2. The van der Waals surface area contributed by atoms with E-state index in [2.05, 4.69) is 20.4 Å². The molecule has 0 spiro atoms. The van der Waals surface area contributed by atoms with E-state index in [9.17, 15) is 31.5 Å². The molecule has 5 rings (SSSR count). The quantitative estimate of drug-likeness (QED) is 0.395. The molecule has 3 atom stereocenters. The van der Waals surface area contributed by atoms with Crippen molar-refractivity contribution in [3.8, 4) is 16.9 Å². The summed E-state index contributed by atoms with van der Waals surface area (Å²) in [7, 11) is 0. The molecule has 2 saturated heterocycles. The Morgan fingerprint density at radius 1 is 1.10 bits per heavy atom. The number of halogens is 5. The van der Waals surface area contributed by atoms with E-state index in [0.29, 0.717) is 19.2 Å². The Labute approximate surface area is 225 Å². The first kappa shape index (κ1) is 27.5. The molecule has 2 amide bonds. The second kappa shape index (κ2) is 10.8. The molecule has 2 aliphatic heterocycles. The van der Waals surface area contributed by atoms with E-state index < -0.39 is 47.3 Å². The number of aromatic nitrogens is 1. The number of pyridine rings is 1. The Kier molecular flexibility index (Phi) is 7.43. The number of fused-ring (bicyclic) bond motifs is 2. The average Bonchev–Trinajstić information content (AvgIpc) is 3.53. The van der Waals surface area contributed by atoms with Crippen LogP contribution in [0.3, 0.4) is 0 Å². The number of alkyl halides is 3. The summed E-state index contributed by atoms with van der Waals surface area (Å²) >= 11 is 0. The number of anilines is 2. The second-order valence-corrected chi connectivity index (χ2v) is 9.50. The number of hydrogen-bond donors (Lipinski definition) is 2. The summed E-state index contributed by atoms with van der Waals surface area (Å²) in [6, 6.07) is 6.52. The molecule has 2 N–H and O–H groups in total. The van der Waals surface area contributed by atoms with Crippen molar-refractivity contribution in [3.05, 3.63) is 72.1 Å². The van der Waals surface area contributed by atoms with Crippen LogP contribution in [0.2, 0.25) is 0 Å². The summed E-state index contributed by atoms with van der Waals surface area (Å²) in [5.74, 6) is -4.14. The summed E-state index contributed by atoms with van der Waals surface area (Å²) < 4.78 is 78.1. The fourth-order valence-electron chi connectivity index (χ4n) is 4.92. The molecule has 2 fully saturated rings. The van der Waals surface area contributed by atoms with Crippen LogP contribution in [0.15, 0.2) is 54.9 Å². The minimum atomic E-state index is -5.17. The van der Waals surface area contributed by atoms with Crippen LogP contribution in [-0.4, -0.2) is 59.4 Å². The Morgan fingerprint density at radius 2 is 1.85 bits per heavy atom. The minimum absolute atomic E-state index is 0.00962. The molecule has 8 nitrogen and oxygen atoms in total. The van der Waals surface area contributed by atoms with Crippen LogP contribution >= 0.6 is 0 Å². The van der Waals surface area contributed by atoms with Crippen molar-refractivity contribution in [2.45, 2.75) is 37.9 Å². The fraction of sp³-hybridized carbons (Fsp3) is 0.296. The summed E-state index contributed by atoms with van der Waals surface area (Å²) in [5, 5.41) is 5.00. The maximum Gasteiger partial charge on any atom is 0.573 e.